The highest BCUT2D eigenvalue weighted by Crippen LogP contribution is 2.38. The van der Waals surface area contributed by atoms with Gasteiger partial charge in [-0.15, -0.1) is 0 Å². The van der Waals surface area contributed by atoms with E-state index in [0.717, 1.165) is 29.3 Å². The van der Waals surface area contributed by atoms with Gasteiger partial charge in [0.1, 0.15) is 5.78 Å². The number of nitrogens with zero attached hydrogens (tertiary/aromatic N) is 1. The van der Waals surface area contributed by atoms with Gasteiger partial charge in [0.15, 0.2) is 0 Å². The second-order valence-corrected chi connectivity index (χ2v) is 5.94. The van der Waals surface area contributed by atoms with E-state index in [0.29, 0.717) is 6.42 Å². The minimum absolute atomic E-state index is 0.00936. The van der Waals surface area contributed by atoms with E-state index in [4.69, 9.17) is 5.73 Å². The molecule has 4 heteroatoms. The van der Waals surface area contributed by atoms with Crippen LogP contribution in [0.5, 0.6) is 0 Å². The monoisotopic (exact) mass is 296 g/mol. The van der Waals surface area contributed by atoms with Crippen molar-refractivity contribution < 1.29 is 4.79 Å². The summed E-state index contributed by atoms with van der Waals surface area (Å²) in [6.07, 6.45) is 6.81. The summed E-state index contributed by atoms with van der Waals surface area (Å²) in [6, 6.07) is 1.95. The molecule has 1 saturated carbocycles. The van der Waals surface area contributed by atoms with E-state index < -0.39 is 0 Å². The van der Waals surface area contributed by atoms with Crippen LogP contribution in [0.4, 0.5) is 0 Å². The molecule has 0 amide bonds. The Bertz CT molecular complexity index is 435. The minimum atomic E-state index is -0.345. The summed E-state index contributed by atoms with van der Waals surface area (Å²) in [5.41, 5.74) is 6.66. The molecule has 2 unspecified atom stereocenters. The Labute approximate surface area is 110 Å². The zero-order chi connectivity index (χ0) is 12.5. The maximum absolute atomic E-state index is 12.3. The average molecular weight is 297 g/mol. The maximum Gasteiger partial charge on any atom is 0.144 e. The number of carbonyl (C=O) groups is 1. The van der Waals surface area contributed by atoms with E-state index in [1.165, 1.54) is 0 Å². The second-order valence-electron chi connectivity index (χ2n) is 5.03. The highest BCUT2D eigenvalue weighted by atomic mass is 79.9. The molecular weight excluding hydrogens is 280 g/mol. The molecular formula is C13H17BrN2O. The number of carbonyl (C=O) groups excluding carboxylic acids is 1. The molecule has 1 fully saturated rings. The second kappa shape index (κ2) is 4.86. The smallest absolute Gasteiger partial charge is 0.144 e. The van der Waals surface area contributed by atoms with Crippen LogP contribution in [0.3, 0.4) is 0 Å². The number of halogens is 1. The molecule has 3 nitrogen and oxygen atoms in total. The number of pyridine rings is 1. The van der Waals surface area contributed by atoms with Crippen LogP contribution < -0.4 is 5.73 Å². The highest BCUT2D eigenvalue weighted by Gasteiger charge is 2.42. The van der Waals surface area contributed by atoms with E-state index in [9.17, 15) is 4.79 Å². The number of Topliss-reactive ketones (excluding diaryl/α,β-unsaturated/α-hetero) is 1. The van der Waals surface area contributed by atoms with Gasteiger partial charge in [0.05, 0.1) is 0 Å². The molecule has 0 aliphatic heterocycles. The predicted octanol–water partition coefficient (Wildman–Crippen LogP) is 2.47. The zero-order valence-electron chi connectivity index (χ0n) is 9.95. The van der Waals surface area contributed by atoms with Crippen molar-refractivity contribution in [1.29, 1.82) is 0 Å². The van der Waals surface area contributed by atoms with Gasteiger partial charge < -0.3 is 5.73 Å². The fraction of sp³-hybridized carbons (Fsp3) is 0.538. The van der Waals surface area contributed by atoms with Gasteiger partial charge in [-0.3, -0.25) is 9.78 Å². The summed E-state index contributed by atoms with van der Waals surface area (Å²) in [5, 5.41) is 0. The molecule has 0 saturated heterocycles. The molecule has 2 atom stereocenters. The highest BCUT2D eigenvalue weighted by molar-refractivity contribution is 9.10. The molecule has 2 N–H and O–H groups in total. The van der Waals surface area contributed by atoms with Crippen molar-refractivity contribution in [2.45, 2.75) is 38.6 Å². The lowest BCUT2D eigenvalue weighted by Gasteiger charge is -2.27. The Morgan fingerprint density at radius 2 is 2.41 bits per heavy atom. The summed E-state index contributed by atoms with van der Waals surface area (Å²) in [7, 11) is 0. The van der Waals surface area contributed by atoms with Crippen molar-refractivity contribution in [2.24, 2.45) is 11.1 Å². The molecule has 1 heterocycles. The van der Waals surface area contributed by atoms with Crippen LogP contribution in [-0.4, -0.2) is 16.8 Å². The van der Waals surface area contributed by atoms with Crippen molar-refractivity contribution in [1.82, 2.24) is 4.98 Å². The first-order chi connectivity index (χ1) is 8.02. The predicted molar refractivity (Wildman–Crippen MR) is 70.6 cm³/mol. The fourth-order valence-electron chi connectivity index (χ4n) is 2.48. The zero-order valence-corrected chi connectivity index (χ0v) is 11.5. The standard InChI is InChI=1S/C13H17BrN2O/c1-13(4-2-3-11(13)15)12(17)6-9-5-10(14)8-16-7-9/h5,7-8,11H,2-4,6,15H2,1H3. The van der Waals surface area contributed by atoms with Crippen LogP contribution in [0, 0.1) is 5.41 Å². The third-order valence-corrected chi connectivity index (χ3v) is 4.23. The molecule has 0 bridgehead atoms. The summed E-state index contributed by atoms with van der Waals surface area (Å²) in [6.45, 7) is 2.00. The van der Waals surface area contributed by atoms with Crippen LogP contribution >= 0.6 is 15.9 Å². The van der Waals surface area contributed by atoms with Gasteiger partial charge in [0.2, 0.25) is 0 Å². The van der Waals surface area contributed by atoms with Crippen LogP contribution in [0.1, 0.15) is 31.7 Å². The van der Waals surface area contributed by atoms with E-state index >= 15 is 0 Å². The third-order valence-electron chi connectivity index (χ3n) is 3.79. The van der Waals surface area contributed by atoms with Gasteiger partial charge in [-0.25, -0.2) is 0 Å². The van der Waals surface area contributed by atoms with Crippen molar-refractivity contribution in [3.05, 3.63) is 28.5 Å². The van der Waals surface area contributed by atoms with Crippen molar-refractivity contribution in [3.63, 3.8) is 0 Å². The SMILES string of the molecule is CC1(C(=O)Cc2cncc(Br)c2)CCCC1N. The summed E-state index contributed by atoms with van der Waals surface area (Å²) in [4.78, 5) is 16.4. The molecule has 1 aliphatic rings. The van der Waals surface area contributed by atoms with E-state index in [1.54, 1.807) is 12.4 Å². The minimum Gasteiger partial charge on any atom is -0.327 e. The van der Waals surface area contributed by atoms with Crippen LogP contribution in [0.2, 0.25) is 0 Å². The molecule has 1 aromatic heterocycles. The quantitative estimate of drug-likeness (QED) is 0.932. The lowest BCUT2D eigenvalue weighted by atomic mass is 9.78. The van der Waals surface area contributed by atoms with Crippen molar-refractivity contribution in [2.75, 3.05) is 0 Å². The van der Waals surface area contributed by atoms with Crippen molar-refractivity contribution in [3.8, 4) is 0 Å². The number of ketones is 1. The molecule has 1 aromatic rings. The average Bonchev–Trinajstić information content (AvgIpc) is 2.60. The number of nitrogens with two attached hydrogens (primary N) is 1. The van der Waals surface area contributed by atoms with Gasteiger partial charge in [0.25, 0.3) is 0 Å². The summed E-state index contributed by atoms with van der Waals surface area (Å²) >= 11 is 3.36. The van der Waals surface area contributed by atoms with Crippen LogP contribution in [0.25, 0.3) is 0 Å². The molecule has 0 aromatic carbocycles. The number of hydrogen-bond donors (Lipinski definition) is 1. The largest absolute Gasteiger partial charge is 0.327 e. The molecule has 0 radical (unpaired) electrons. The van der Waals surface area contributed by atoms with E-state index in [-0.39, 0.29) is 17.2 Å². The summed E-state index contributed by atoms with van der Waals surface area (Å²) in [5.74, 6) is 0.238. The van der Waals surface area contributed by atoms with Gasteiger partial charge in [-0.05, 0) is 40.4 Å². The van der Waals surface area contributed by atoms with Crippen LogP contribution in [-0.2, 0) is 11.2 Å². The fourth-order valence-corrected chi connectivity index (χ4v) is 2.89. The molecule has 17 heavy (non-hydrogen) atoms. The normalized spacial score (nSPS) is 28.3. The Balaban J connectivity index is 2.12. The van der Waals surface area contributed by atoms with E-state index in [2.05, 4.69) is 20.9 Å². The first-order valence-electron chi connectivity index (χ1n) is 5.91. The number of hydrogen-bond acceptors (Lipinski definition) is 3. The molecule has 92 valence electrons. The number of rotatable bonds is 3. The first-order valence-corrected chi connectivity index (χ1v) is 6.70. The first kappa shape index (κ1) is 12.7. The Morgan fingerprint density at radius 3 is 3.00 bits per heavy atom. The Hall–Kier alpha value is -0.740. The lowest BCUT2D eigenvalue weighted by molar-refractivity contribution is -0.127. The molecule has 1 aliphatic carbocycles. The topological polar surface area (TPSA) is 56.0 Å². The van der Waals surface area contributed by atoms with Gasteiger partial charge in [-0.2, -0.15) is 0 Å². The molecule has 0 spiro atoms. The van der Waals surface area contributed by atoms with E-state index in [1.807, 2.05) is 13.0 Å². The number of aromatic nitrogens is 1. The van der Waals surface area contributed by atoms with Crippen LogP contribution in [0.15, 0.2) is 22.9 Å². The van der Waals surface area contributed by atoms with Gasteiger partial charge in [0, 0.05) is 34.7 Å². The molecule has 2 rings (SSSR count). The lowest BCUT2D eigenvalue weighted by Crippen LogP contribution is -2.41. The van der Waals surface area contributed by atoms with Gasteiger partial charge in [-0.1, -0.05) is 13.3 Å². The summed E-state index contributed by atoms with van der Waals surface area (Å²) < 4.78 is 0.906. The Morgan fingerprint density at radius 1 is 1.65 bits per heavy atom. The maximum atomic E-state index is 12.3. The Kier molecular flexibility index (Phi) is 3.64. The third kappa shape index (κ3) is 2.58. The van der Waals surface area contributed by atoms with Crippen molar-refractivity contribution >= 4 is 21.7 Å². The van der Waals surface area contributed by atoms with Gasteiger partial charge >= 0.3 is 0 Å².